The summed E-state index contributed by atoms with van der Waals surface area (Å²) in [5, 5.41) is 165. The van der Waals surface area contributed by atoms with Gasteiger partial charge < -0.3 is 115 Å². The Bertz CT molecular complexity index is 1210. The van der Waals surface area contributed by atoms with E-state index in [0.29, 0.717) is 23.5 Å². The van der Waals surface area contributed by atoms with E-state index in [0.717, 1.165) is 0 Å². The van der Waals surface area contributed by atoms with Gasteiger partial charge in [0.2, 0.25) is 0 Å². The van der Waals surface area contributed by atoms with Crippen molar-refractivity contribution in [3.63, 3.8) is 0 Å². The van der Waals surface area contributed by atoms with Gasteiger partial charge in [-0.25, -0.2) is 0 Å². The SMILES string of the molecule is OC[C@H]1O[C@H](S[C@H]2[C@H](O)[C@@H](O)[C@@H](O[C@H]3[C@H](O)[C@@H](O)[C@@H](S[C@H]4[C@H](O)[C@@H](O)[C@@H](O[C@H]5[C@H](O)[C@@H](O)[C@@H](S)O[C@@H]5CO)O[C@@H]4CO)O[C@@H]3CO)O[C@@H]2CO)[C@H](O)[C@@H](O)[C@@H]1O. The Kier molecular flexibility index (Phi) is 17.1. The van der Waals surface area contributed by atoms with Gasteiger partial charge in [0.1, 0.15) is 102 Å². The van der Waals surface area contributed by atoms with E-state index in [2.05, 4.69) is 12.6 Å². The molecule has 0 aromatic rings. The highest BCUT2D eigenvalue weighted by Crippen LogP contribution is 2.42. The molecule has 0 bridgehead atoms. The van der Waals surface area contributed by atoms with Gasteiger partial charge in [0.25, 0.3) is 0 Å². The minimum absolute atomic E-state index is 0.592. The zero-order chi connectivity index (χ0) is 41.3. The summed E-state index contributed by atoms with van der Waals surface area (Å²) in [6.45, 7) is -3.92. The standard InChI is InChI=1S/C30H52O23S3/c31-1-6-11(36)12(37)20(45)29(50-6)55-24-9(4-34)48-27(18(43)15(24)40)53-23-8(3-33)51-30(21(46)14(23)39)56-25-10(5-35)47-26(17(42)16(25)41)52-22-7(2-32)49-28(54)19(44)13(22)38/h6-46,54H,1-5H2/t6-,7-,8-,9-,10-,11-,12+,13-,14-,15-,16-,17-,18-,19-,20-,21-,22-,23-,24-,25-,26-,27-,28-,29-,30-/m1/s1. The number of aliphatic hydroxyl groups is 16. The van der Waals surface area contributed by atoms with E-state index in [4.69, 9.17) is 33.2 Å². The Morgan fingerprint density at radius 3 is 1.18 bits per heavy atom. The lowest BCUT2D eigenvalue weighted by Gasteiger charge is -2.49. The van der Waals surface area contributed by atoms with Gasteiger partial charge in [-0.15, -0.1) is 36.2 Å². The van der Waals surface area contributed by atoms with Crippen LogP contribution in [0.2, 0.25) is 0 Å². The molecule has 0 unspecified atom stereocenters. The third-order valence-electron chi connectivity index (χ3n) is 10.3. The van der Waals surface area contributed by atoms with Crippen LogP contribution in [0.4, 0.5) is 0 Å². The second-order valence-electron chi connectivity index (χ2n) is 13.9. The Labute approximate surface area is 332 Å². The van der Waals surface area contributed by atoms with Crippen LogP contribution in [0.3, 0.4) is 0 Å². The van der Waals surface area contributed by atoms with E-state index in [1.807, 2.05) is 0 Å². The monoisotopic (exact) mass is 876 g/mol. The second kappa shape index (κ2) is 20.3. The van der Waals surface area contributed by atoms with Crippen LogP contribution in [-0.4, -0.2) is 264 Å². The first kappa shape index (κ1) is 47.2. The quantitative estimate of drug-likeness (QED) is 0.0764. The molecule has 5 rings (SSSR count). The highest BCUT2D eigenvalue weighted by molar-refractivity contribution is 8.00. The Balaban J connectivity index is 1.22. The average molecular weight is 877 g/mol. The number of thiol groups is 1. The fraction of sp³-hybridized carbons (Fsp3) is 1.00. The van der Waals surface area contributed by atoms with E-state index in [9.17, 15) is 81.7 Å². The average Bonchev–Trinajstić information content (AvgIpc) is 3.19. The summed E-state index contributed by atoms with van der Waals surface area (Å²) in [6, 6.07) is 0. The summed E-state index contributed by atoms with van der Waals surface area (Å²) in [5.41, 5.74) is -4.07. The lowest BCUT2D eigenvalue weighted by molar-refractivity contribution is -0.322. The van der Waals surface area contributed by atoms with Crippen LogP contribution in [0.5, 0.6) is 0 Å². The van der Waals surface area contributed by atoms with Crippen molar-refractivity contribution in [3.05, 3.63) is 0 Å². The normalized spacial score (nSPS) is 53.2. The van der Waals surface area contributed by atoms with Crippen molar-refractivity contribution in [2.75, 3.05) is 33.0 Å². The van der Waals surface area contributed by atoms with Crippen LogP contribution < -0.4 is 0 Å². The minimum Gasteiger partial charge on any atom is -0.394 e. The molecule has 16 N–H and O–H groups in total. The fourth-order valence-electron chi connectivity index (χ4n) is 7.03. The smallest absolute Gasteiger partial charge is 0.187 e. The maximum atomic E-state index is 11.2. The molecule has 5 aliphatic heterocycles. The number of hydrogen-bond acceptors (Lipinski definition) is 26. The molecule has 0 amide bonds. The summed E-state index contributed by atoms with van der Waals surface area (Å²) >= 11 is 5.21. The molecule has 26 heteroatoms. The van der Waals surface area contributed by atoms with E-state index >= 15 is 0 Å². The Morgan fingerprint density at radius 2 is 0.750 bits per heavy atom. The number of ether oxygens (including phenoxy) is 7. The maximum Gasteiger partial charge on any atom is 0.187 e. The highest BCUT2D eigenvalue weighted by Gasteiger charge is 2.56. The zero-order valence-electron chi connectivity index (χ0n) is 29.2. The minimum atomic E-state index is -1.94. The van der Waals surface area contributed by atoms with Crippen molar-refractivity contribution in [1.29, 1.82) is 0 Å². The van der Waals surface area contributed by atoms with Gasteiger partial charge in [-0.1, -0.05) is 0 Å². The van der Waals surface area contributed by atoms with Gasteiger partial charge in [-0.3, -0.25) is 0 Å². The molecule has 0 radical (unpaired) electrons. The molecule has 25 atom stereocenters. The first-order chi connectivity index (χ1) is 26.5. The topological polar surface area (TPSA) is 388 Å². The van der Waals surface area contributed by atoms with E-state index in [-0.39, 0.29) is 0 Å². The number of thioether (sulfide) groups is 2. The molecule has 56 heavy (non-hydrogen) atoms. The third-order valence-corrected chi connectivity index (χ3v) is 13.9. The molecule has 5 aliphatic rings. The molecule has 0 aliphatic carbocycles. The summed E-state index contributed by atoms with van der Waals surface area (Å²) in [4.78, 5) is 0. The zero-order valence-corrected chi connectivity index (χ0v) is 31.8. The lowest BCUT2D eigenvalue weighted by Crippen LogP contribution is -2.65. The van der Waals surface area contributed by atoms with Crippen molar-refractivity contribution in [2.24, 2.45) is 0 Å². The van der Waals surface area contributed by atoms with Crippen molar-refractivity contribution in [1.82, 2.24) is 0 Å². The molecule has 0 spiro atoms. The van der Waals surface area contributed by atoms with Crippen molar-refractivity contribution >= 4 is 36.2 Å². The first-order valence-electron chi connectivity index (χ1n) is 17.6. The van der Waals surface area contributed by atoms with E-state index < -0.39 is 182 Å². The molecule has 5 heterocycles. The Hall–Kier alpha value is 0.130. The number of rotatable bonds is 13. The molecule has 23 nitrogen and oxygen atoms in total. The summed E-state index contributed by atoms with van der Waals surface area (Å²) in [5.74, 6) is 0. The van der Waals surface area contributed by atoms with Crippen LogP contribution in [0.25, 0.3) is 0 Å². The van der Waals surface area contributed by atoms with Gasteiger partial charge >= 0.3 is 0 Å². The molecule has 0 aromatic carbocycles. The third kappa shape index (κ3) is 9.60. The van der Waals surface area contributed by atoms with Gasteiger partial charge in [0.15, 0.2) is 12.6 Å². The molecule has 0 saturated carbocycles. The molecular weight excluding hydrogens is 825 g/mol. The van der Waals surface area contributed by atoms with Crippen molar-refractivity contribution < 1.29 is 115 Å². The summed E-state index contributed by atoms with van der Waals surface area (Å²) in [7, 11) is 0. The van der Waals surface area contributed by atoms with Crippen LogP contribution in [0.1, 0.15) is 0 Å². The molecular formula is C30H52O23S3. The van der Waals surface area contributed by atoms with Crippen molar-refractivity contribution in [2.45, 2.75) is 149 Å². The molecule has 5 saturated heterocycles. The predicted octanol–water partition coefficient (Wildman–Crippen LogP) is -9.55. The summed E-state index contributed by atoms with van der Waals surface area (Å²) < 4.78 is 39.3. The lowest BCUT2D eigenvalue weighted by atomic mass is 9.98. The predicted molar refractivity (Wildman–Crippen MR) is 186 cm³/mol. The van der Waals surface area contributed by atoms with Crippen LogP contribution in [0.15, 0.2) is 0 Å². The van der Waals surface area contributed by atoms with Crippen LogP contribution >= 0.6 is 36.2 Å². The van der Waals surface area contributed by atoms with Gasteiger partial charge in [0, 0.05) is 0 Å². The Morgan fingerprint density at radius 1 is 0.375 bits per heavy atom. The van der Waals surface area contributed by atoms with E-state index in [1.54, 1.807) is 0 Å². The van der Waals surface area contributed by atoms with Crippen molar-refractivity contribution in [3.8, 4) is 0 Å². The fourth-order valence-corrected chi connectivity index (χ4v) is 10.3. The van der Waals surface area contributed by atoms with Crippen LogP contribution in [-0.2, 0) is 33.2 Å². The molecule has 5 fully saturated rings. The molecule has 0 aromatic heterocycles. The largest absolute Gasteiger partial charge is 0.394 e. The second-order valence-corrected chi connectivity index (χ2v) is 17.0. The first-order valence-corrected chi connectivity index (χ1v) is 20.0. The van der Waals surface area contributed by atoms with Crippen LogP contribution in [0, 0.1) is 0 Å². The van der Waals surface area contributed by atoms with Gasteiger partial charge in [-0.05, 0) is 0 Å². The van der Waals surface area contributed by atoms with Gasteiger partial charge in [0.05, 0.1) is 68.0 Å². The van der Waals surface area contributed by atoms with Gasteiger partial charge in [-0.2, -0.15) is 0 Å². The number of aliphatic hydroxyl groups excluding tert-OH is 16. The summed E-state index contributed by atoms with van der Waals surface area (Å²) in [6.07, 6.45) is -33.2. The number of hydrogen-bond donors (Lipinski definition) is 17. The highest BCUT2D eigenvalue weighted by atomic mass is 32.2. The molecule has 328 valence electrons. The maximum absolute atomic E-state index is 11.2. The van der Waals surface area contributed by atoms with E-state index in [1.165, 1.54) is 0 Å².